The Bertz CT molecular complexity index is 377. The smallest absolute Gasteiger partial charge is 0.169 e. The molecule has 88 valence electrons. The zero-order chi connectivity index (χ0) is 12.1. The number of Topliss-reactive ketones (excluding diaryl/α,β-unsaturated/α-hetero) is 1. The van der Waals surface area contributed by atoms with Gasteiger partial charge in [0.05, 0.1) is 5.56 Å². The molecule has 1 atom stereocenters. The van der Waals surface area contributed by atoms with Gasteiger partial charge in [-0.25, -0.2) is 8.78 Å². The maximum Gasteiger partial charge on any atom is 0.169 e. The van der Waals surface area contributed by atoms with E-state index in [2.05, 4.69) is 0 Å². The Balaban J connectivity index is 2.77. The summed E-state index contributed by atoms with van der Waals surface area (Å²) < 4.78 is 31.0. The molecule has 0 aliphatic carbocycles. The molecule has 0 heterocycles. The Morgan fingerprint density at radius 2 is 2.12 bits per heavy atom. The van der Waals surface area contributed by atoms with Crippen molar-refractivity contribution in [3.63, 3.8) is 0 Å². The van der Waals surface area contributed by atoms with Gasteiger partial charge in [0.1, 0.15) is 0 Å². The van der Waals surface area contributed by atoms with Crippen molar-refractivity contribution in [2.45, 2.75) is 13.3 Å². The van der Waals surface area contributed by atoms with Gasteiger partial charge in [-0.2, -0.15) is 0 Å². The predicted molar refractivity (Wildman–Crippen MR) is 56.3 cm³/mol. The van der Waals surface area contributed by atoms with Crippen LogP contribution in [-0.2, 0) is 4.74 Å². The van der Waals surface area contributed by atoms with Crippen LogP contribution in [0.15, 0.2) is 18.2 Å². The quantitative estimate of drug-likeness (QED) is 0.724. The first-order valence-electron chi connectivity index (χ1n) is 5.02. The molecule has 0 N–H and O–H groups in total. The monoisotopic (exact) mass is 228 g/mol. The van der Waals surface area contributed by atoms with E-state index in [1.54, 1.807) is 0 Å². The molecule has 0 spiro atoms. The third kappa shape index (κ3) is 3.10. The van der Waals surface area contributed by atoms with Crippen LogP contribution in [0.25, 0.3) is 0 Å². The Morgan fingerprint density at radius 3 is 2.75 bits per heavy atom. The van der Waals surface area contributed by atoms with E-state index < -0.39 is 17.4 Å². The average Bonchev–Trinajstić information content (AvgIpc) is 2.22. The van der Waals surface area contributed by atoms with Crippen LogP contribution < -0.4 is 0 Å². The Kier molecular flexibility index (Phi) is 4.55. The van der Waals surface area contributed by atoms with E-state index in [9.17, 15) is 13.6 Å². The number of carbonyl (C=O) groups excluding carboxylic acids is 1. The van der Waals surface area contributed by atoms with Gasteiger partial charge in [0.25, 0.3) is 0 Å². The fraction of sp³-hybridized carbons (Fsp3) is 0.417. The van der Waals surface area contributed by atoms with Crippen molar-refractivity contribution in [2.24, 2.45) is 5.92 Å². The van der Waals surface area contributed by atoms with Crippen LogP contribution >= 0.6 is 0 Å². The summed E-state index contributed by atoms with van der Waals surface area (Å²) in [4.78, 5) is 11.6. The number of rotatable bonds is 5. The number of benzene rings is 1. The highest BCUT2D eigenvalue weighted by Crippen LogP contribution is 2.16. The normalized spacial score (nSPS) is 12.5. The van der Waals surface area contributed by atoms with Gasteiger partial charge in [-0.1, -0.05) is 13.0 Å². The van der Waals surface area contributed by atoms with Crippen LogP contribution in [0.3, 0.4) is 0 Å². The number of methoxy groups -OCH3 is 1. The molecule has 1 aromatic carbocycles. The van der Waals surface area contributed by atoms with Gasteiger partial charge in [0.2, 0.25) is 0 Å². The van der Waals surface area contributed by atoms with Gasteiger partial charge in [-0.3, -0.25) is 4.79 Å². The molecule has 0 radical (unpaired) electrons. The molecule has 0 aliphatic rings. The highest BCUT2D eigenvalue weighted by atomic mass is 19.2. The number of hydrogen-bond acceptors (Lipinski definition) is 2. The van der Waals surface area contributed by atoms with Gasteiger partial charge in [0.15, 0.2) is 17.4 Å². The highest BCUT2D eigenvalue weighted by molar-refractivity contribution is 5.96. The van der Waals surface area contributed by atoms with Crippen LogP contribution in [-0.4, -0.2) is 19.5 Å². The van der Waals surface area contributed by atoms with Gasteiger partial charge in [-0.05, 0) is 18.1 Å². The van der Waals surface area contributed by atoms with Gasteiger partial charge in [-0.15, -0.1) is 0 Å². The zero-order valence-electron chi connectivity index (χ0n) is 9.30. The van der Waals surface area contributed by atoms with E-state index in [0.29, 0.717) is 6.61 Å². The number of carbonyl (C=O) groups is 1. The van der Waals surface area contributed by atoms with E-state index in [4.69, 9.17) is 4.74 Å². The Morgan fingerprint density at radius 1 is 1.44 bits per heavy atom. The van der Waals surface area contributed by atoms with Gasteiger partial charge >= 0.3 is 0 Å². The molecule has 16 heavy (non-hydrogen) atoms. The van der Waals surface area contributed by atoms with Gasteiger partial charge in [0, 0.05) is 20.1 Å². The molecule has 0 saturated carbocycles. The van der Waals surface area contributed by atoms with Crippen molar-refractivity contribution in [1.82, 2.24) is 0 Å². The molecule has 0 bridgehead atoms. The van der Waals surface area contributed by atoms with E-state index in [1.807, 2.05) is 6.92 Å². The summed E-state index contributed by atoms with van der Waals surface area (Å²) in [6.45, 7) is 2.24. The van der Waals surface area contributed by atoms with Crippen molar-refractivity contribution < 1.29 is 18.3 Å². The summed E-state index contributed by atoms with van der Waals surface area (Å²) in [5.74, 6) is -2.48. The molecule has 0 saturated heterocycles. The summed E-state index contributed by atoms with van der Waals surface area (Å²) in [6.07, 6.45) is 0.147. The average molecular weight is 228 g/mol. The second kappa shape index (κ2) is 5.70. The predicted octanol–water partition coefficient (Wildman–Crippen LogP) is 2.82. The molecule has 4 heteroatoms. The number of halogens is 2. The first kappa shape index (κ1) is 12.8. The van der Waals surface area contributed by atoms with Crippen LogP contribution in [0, 0.1) is 17.6 Å². The van der Waals surface area contributed by atoms with Crippen LogP contribution in [0.4, 0.5) is 8.78 Å². The molecular formula is C12H14F2O2. The summed E-state index contributed by atoms with van der Waals surface area (Å²) in [7, 11) is 1.53. The molecule has 1 rings (SSSR count). The maximum atomic E-state index is 13.3. The Labute approximate surface area is 93.2 Å². The number of ether oxygens (including phenoxy) is 1. The summed E-state index contributed by atoms with van der Waals surface area (Å²) >= 11 is 0. The third-order valence-electron chi connectivity index (χ3n) is 2.24. The van der Waals surface area contributed by atoms with Crippen LogP contribution in [0.1, 0.15) is 23.7 Å². The number of hydrogen-bond donors (Lipinski definition) is 0. The number of ketones is 1. The minimum atomic E-state index is -1.07. The maximum absolute atomic E-state index is 13.3. The standard InChI is InChI=1S/C12H14F2O2/c1-8(7-16-2)6-11(15)9-4-3-5-10(13)12(9)14/h3-5,8H,6-7H2,1-2H3. The molecule has 2 nitrogen and oxygen atoms in total. The summed E-state index contributed by atoms with van der Waals surface area (Å²) in [5.41, 5.74) is -0.192. The first-order valence-corrected chi connectivity index (χ1v) is 5.02. The molecule has 0 aromatic heterocycles. The second-order valence-corrected chi connectivity index (χ2v) is 3.79. The van der Waals surface area contributed by atoms with Crippen molar-refractivity contribution in [3.05, 3.63) is 35.4 Å². The lowest BCUT2D eigenvalue weighted by Crippen LogP contribution is -2.12. The Hall–Kier alpha value is -1.29. The lowest BCUT2D eigenvalue weighted by atomic mass is 10.00. The minimum absolute atomic E-state index is 0.0137. The second-order valence-electron chi connectivity index (χ2n) is 3.79. The SMILES string of the molecule is COCC(C)CC(=O)c1cccc(F)c1F. The minimum Gasteiger partial charge on any atom is -0.384 e. The van der Waals surface area contributed by atoms with Crippen LogP contribution in [0.2, 0.25) is 0 Å². The fourth-order valence-corrected chi connectivity index (χ4v) is 1.49. The van der Waals surface area contributed by atoms with Crippen molar-refractivity contribution in [3.8, 4) is 0 Å². The van der Waals surface area contributed by atoms with Crippen molar-refractivity contribution >= 4 is 5.78 Å². The topological polar surface area (TPSA) is 26.3 Å². The lowest BCUT2D eigenvalue weighted by molar-refractivity contribution is 0.0915. The lowest BCUT2D eigenvalue weighted by Gasteiger charge is -2.09. The van der Waals surface area contributed by atoms with E-state index in [-0.39, 0.29) is 17.9 Å². The molecule has 0 aliphatic heterocycles. The zero-order valence-corrected chi connectivity index (χ0v) is 9.30. The molecular weight excluding hydrogens is 214 g/mol. The third-order valence-corrected chi connectivity index (χ3v) is 2.24. The molecule has 1 aromatic rings. The van der Waals surface area contributed by atoms with Crippen molar-refractivity contribution in [1.29, 1.82) is 0 Å². The first-order chi connectivity index (χ1) is 7.56. The van der Waals surface area contributed by atoms with E-state index in [1.165, 1.54) is 19.2 Å². The van der Waals surface area contributed by atoms with E-state index >= 15 is 0 Å². The molecule has 1 unspecified atom stereocenters. The summed E-state index contributed by atoms with van der Waals surface area (Å²) in [6, 6.07) is 3.61. The van der Waals surface area contributed by atoms with E-state index in [0.717, 1.165) is 6.07 Å². The van der Waals surface area contributed by atoms with Crippen molar-refractivity contribution in [2.75, 3.05) is 13.7 Å². The highest BCUT2D eigenvalue weighted by Gasteiger charge is 2.17. The molecule has 0 fully saturated rings. The van der Waals surface area contributed by atoms with Gasteiger partial charge < -0.3 is 4.74 Å². The largest absolute Gasteiger partial charge is 0.384 e. The fourth-order valence-electron chi connectivity index (χ4n) is 1.49. The summed E-state index contributed by atoms with van der Waals surface area (Å²) in [5, 5.41) is 0. The molecule has 0 amide bonds. The van der Waals surface area contributed by atoms with Crippen LogP contribution in [0.5, 0.6) is 0 Å².